The van der Waals surface area contributed by atoms with E-state index in [1.807, 2.05) is 11.0 Å². The zero-order valence-electron chi connectivity index (χ0n) is 13.0. The van der Waals surface area contributed by atoms with Crippen LogP contribution < -0.4 is 5.32 Å². The van der Waals surface area contributed by atoms with Crippen molar-refractivity contribution in [3.05, 3.63) is 35.9 Å². The lowest BCUT2D eigenvalue weighted by molar-refractivity contribution is -0.141. The highest BCUT2D eigenvalue weighted by Gasteiger charge is 2.31. The standard InChI is InChI=1S/C18H24N2O2/c21-17-12-16(8-9-19-17)18(22)20-10-4-7-15(13-20)11-14-5-2-1-3-6-14/h1-3,5-6,15-16H,4,7-13H2,(H,19,21). The largest absolute Gasteiger partial charge is 0.356 e. The first kappa shape index (κ1) is 15.1. The fourth-order valence-electron chi connectivity index (χ4n) is 3.63. The summed E-state index contributed by atoms with van der Waals surface area (Å²) in [6.07, 6.45) is 4.44. The number of rotatable bonds is 3. The predicted molar refractivity (Wildman–Crippen MR) is 85.2 cm³/mol. The number of hydrogen-bond donors (Lipinski definition) is 1. The molecule has 2 aliphatic heterocycles. The molecule has 3 rings (SSSR count). The van der Waals surface area contributed by atoms with Crippen LogP contribution in [0.2, 0.25) is 0 Å². The Morgan fingerprint density at radius 3 is 2.82 bits per heavy atom. The molecule has 1 aromatic carbocycles. The van der Waals surface area contributed by atoms with Gasteiger partial charge in [0.2, 0.25) is 11.8 Å². The molecule has 22 heavy (non-hydrogen) atoms. The molecule has 2 amide bonds. The van der Waals surface area contributed by atoms with E-state index in [1.165, 1.54) is 12.0 Å². The second-order valence-electron chi connectivity index (χ2n) is 6.52. The van der Waals surface area contributed by atoms with Crippen molar-refractivity contribution in [2.24, 2.45) is 11.8 Å². The molecule has 1 aromatic rings. The van der Waals surface area contributed by atoms with E-state index in [1.54, 1.807) is 0 Å². The number of piperidine rings is 2. The molecule has 0 aliphatic carbocycles. The van der Waals surface area contributed by atoms with Gasteiger partial charge in [0.05, 0.1) is 0 Å². The van der Waals surface area contributed by atoms with Crippen LogP contribution in [0.25, 0.3) is 0 Å². The maximum atomic E-state index is 12.6. The van der Waals surface area contributed by atoms with Crippen LogP contribution in [0.3, 0.4) is 0 Å². The first-order valence-electron chi connectivity index (χ1n) is 8.32. The Morgan fingerprint density at radius 1 is 1.23 bits per heavy atom. The molecule has 2 unspecified atom stereocenters. The fourth-order valence-corrected chi connectivity index (χ4v) is 3.63. The van der Waals surface area contributed by atoms with Gasteiger partial charge >= 0.3 is 0 Å². The Labute approximate surface area is 131 Å². The third kappa shape index (κ3) is 3.67. The van der Waals surface area contributed by atoms with E-state index in [-0.39, 0.29) is 17.7 Å². The maximum Gasteiger partial charge on any atom is 0.226 e. The Kier molecular flexibility index (Phi) is 4.76. The van der Waals surface area contributed by atoms with Gasteiger partial charge in [-0.3, -0.25) is 9.59 Å². The molecule has 4 heteroatoms. The van der Waals surface area contributed by atoms with Crippen molar-refractivity contribution in [2.45, 2.75) is 32.1 Å². The normalized spacial score (nSPS) is 25.6. The summed E-state index contributed by atoms with van der Waals surface area (Å²) in [6, 6.07) is 10.5. The van der Waals surface area contributed by atoms with E-state index in [2.05, 4.69) is 29.6 Å². The van der Waals surface area contributed by atoms with Crippen molar-refractivity contribution in [3.63, 3.8) is 0 Å². The summed E-state index contributed by atoms with van der Waals surface area (Å²) in [5.41, 5.74) is 1.35. The number of amides is 2. The number of nitrogens with one attached hydrogen (secondary N) is 1. The van der Waals surface area contributed by atoms with Gasteiger partial charge in [-0.25, -0.2) is 0 Å². The molecule has 2 fully saturated rings. The van der Waals surface area contributed by atoms with Gasteiger partial charge in [-0.1, -0.05) is 30.3 Å². The Morgan fingerprint density at radius 2 is 2.05 bits per heavy atom. The smallest absolute Gasteiger partial charge is 0.226 e. The molecule has 4 nitrogen and oxygen atoms in total. The lowest BCUT2D eigenvalue weighted by Gasteiger charge is -2.36. The second kappa shape index (κ2) is 6.95. The molecular formula is C18H24N2O2. The van der Waals surface area contributed by atoms with E-state index < -0.39 is 0 Å². The summed E-state index contributed by atoms with van der Waals surface area (Å²) in [5.74, 6) is 0.636. The van der Waals surface area contributed by atoms with Crippen LogP contribution in [-0.4, -0.2) is 36.3 Å². The lowest BCUT2D eigenvalue weighted by atomic mass is 9.89. The van der Waals surface area contributed by atoms with Crippen LogP contribution >= 0.6 is 0 Å². The molecule has 0 radical (unpaired) electrons. The lowest BCUT2D eigenvalue weighted by Crippen LogP contribution is -2.47. The van der Waals surface area contributed by atoms with Gasteiger partial charge < -0.3 is 10.2 Å². The summed E-state index contributed by atoms with van der Waals surface area (Å²) < 4.78 is 0. The van der Waals surface area contributed by atoms with Crippen LogP contribution in [0.5, 0.6) is 0 Å². The van der Waals surface area contributed by atoms with Crippen molar-refractivity contribution >= 4 is 11.8 Å². The zero-order chi connectivity index (χ0) is 15.4. The molecule has 1 N–H and O–H groups in total. The van der Waals surface area contributed by atoms with Crippen LogP contribution in [0.4, 0.5) is 0 Å². The van der Waals surface area contributed by atoms with Crippen molar-refractivity contribution in [2.75, 3.05) is 19.6 Å². The van der Waals surface area contributed by atoms with Crippen molar-refractivity contribution < 1.29 is 9.59 Å². The Hall–Kier alpha value is -1.84. The van der Waals surface area contributed by atoms with E-state index in [0.717, 1.165) is 32.4 Å². The minimum atomic E-state index is -0.107. The molecular weight excluding hydrogens is 276 g/mol. The molecule has 2 saturated heterocycles. The topological polar surface area (TPSA) is 49.4 Å². The average molecular weight is 300 g/mol. The van der Waals surface area contributed by atoms with Gasteiger partial charge in [-0.05, 0) is 37.2 Å². The summed E-state index contributed by atoms with van der Waals surface area (Å²) >= 11 is 0. The van der Waals surface area contributed by atoms with Gasteiger partial charge in [0.1, 0.15) is 0 Å². The molecule has 118 valence electrons. The zero-order valence-corrected chi connectivity index (χ0v) is 13.0. The predicted octanol–water partition coefficient (Wildman–Crippen LogP) is 1.99. The average Bonchev–Trinajstić information content (AvgIpc) is 2.55. The number of carbonyl (C=O) groups excluding carboxylic acids is 2. The first-order chi connectivity index (χ1) is 10.7. The van der Waals surface area contributed by atoms with Gasteiger partial charge in [0.15, 0.2) is 0 Å². The first-order valence-corrected chi connectivity index (χ1v) is 8.32. The minimum Gasteiger partial charge on any atom is -0.356 e. The van der Waals surface area contributed by atoms with E-state index in [4.69, 9.17) is 0 Å². The van der Waals surface area contributed by atoms with Crippen molar-refractivity contribution in [1.82, 2.24) is 10.2 Å². The van der Waals surface area contributed by atoms with Crippen molar-refractivity contribution in [1.29, 1.82) is 0 Å². The van der Waals surface area contributed by atoms with Crippen LogP contribution in [-0.2, 0) is 16.0 Å². The third-order valence-electron chi connectivity index (χ3n) is 4.79. The number of hydrogen-bond acceptors (Lipinski definition) is 2. The highest BCUT2D eigenvalue weighted by molar-refractivity contribution is 5.87. The molecule has 0 bridgehead atoms. The van der Waals surface area contributed by atoms with Crippen molar-refractivity contribution in [3.8, 4) is 0 Å². The van der Waals surface area contributed by atoms with E-state index in [9.17, 15) is 9.59 Å². The summed E-state index contributed by atoms with van der Waals surface area (Å²) in [6.45, 7) is 2.32. The Balaban J connectivity index is 1.58. The van der Waals surface area contributed by atoms with Gasteiger partial charge in [0.25, 0.3) is 0 Å². The summed E-state index contributed by atoms with van der Waals surface area (Å²) in [5, 5.41) is 2.80. The van der Waals surface area contributed by atoms with Gasteiger partial charge in [0, 0.05) is 32.0 Å². The quantitative estimate of drug-likeness (QED) is 0.928. The number of carbonyl (C=O) groups is 2. The highest BCUT2D eigenvalue weighted by Crippen LogP contribution is 2.24. The van der Waals surface area contributed by atoms with Crippen LogP contribution in [0, 0.1) is 11.8 Å². The van der Waals surface area contributed by atoms with E-state index >= 15 is 0 Å². The van der Waals surface area contributed by atoms with Crippen LogP contribution in [0.15, 0.2) is 30.3 Å². The Bertz CT molecular complexity index is 529. The molecule has 0 spiro atoms. The molecule has 2 atom stereocenters. The number of benzene rings is 1. The summed E-state index contributed by atoms with van der Waals surface area (Å²) in [7, 11) is 0. The molecule has 0 saturated carbocycles. The van der Waals surface area contributed by atoms with Gasteiger partial charge in [-0.15, -0.1) is 0 Å². The van der Waals surface area contributed by atoms with E-state index in [0.29, 0.717) is 18.9 Å². The second-order valence-corrected chi connectivity index (χ2v) is 6.52. The SMILES string of the molecule is O=C1CC(C(=O)N2CCCC(Cc3ccccc3)C2)CCN1. The molecule has 2 aliphatic rings. The highest BCUT2D eigenvalue weighted by atomic mass is 16.2. The number of nitrogens with zero attached hydrogens (tertiary/aromatic N) is 1. The van der Waals surface area contributed by atoms with Gasteiger partial charge in [-0.2, -0.15) is 0 Å². The monoisotopic (exact) mass is 300 g/mol. The summed E-state index contributed by atoms with van der Waals surface area (Å²) in [4.78, 5) is 26.1. The molecule has 2 heterocycles. The fraction of sp³-hybridized carbons (Fsp3) is 0.556. The maximum absolute atomic E-state index is 12.6. The van der Waals surface area contributed by atoms with Crippen LogP contribution in [0.1, 0.15) is 31.2 Å². The third-order valence-corrected chi connectivity index (χ3v) is 4.79. The number of likely N-dealkylation sites (tertiary alicyclic amines) is 1. The molecule has 0 aromatic heterocycles. The minimum absolute atomic E-state index is 0.0162.